The maximum Gasteiger partial charge on any atom is 0.130 e. The van der Waals surface area contributed by atoms with Crippen LogP contribution in [-0.2, 0) is 6.61 Å². The van der Waals surface area contributed by atoms with E-state index in [-0.39, 0.29) is 6.61 Å². The number of halogens is 2. The van der Waals surface area contributed by atoms with Gasteiger partial charge in [0.15, 0.2) is 0 Å². The van der Waals surface area contributed by atoms with Crippen molar-refractivity contribution in [1.82, 2.24) is 0 Å². The summed E-state index contributed by atoms with van der Waals surface area (Å²) in [4.78, 5) is 0. The van der Waals surface area contributed by atoms with Gasteiger partial charge in [-0.25, -0.2) is 4.39 Å². The van der Waals surface area contributed by atoms with Gasteiger partial charge in [-0.05, 0) is 54.8 Å². The Balaban J connectivity index is 2.33. The third-order valence-corrected chi connectivity index (χ3v) is 4.01. The quantitative estimate of drug-likeness (QED) is 0.901. The van der Waals surface area contributed by atoms with Gasteiger partial charge in [0.2, 0.25) is 0 Å². The van der Waals surface area contributed by atoms with E-state index in [1.807, 2.05) is 26.0 Å². The highest BCUT2D eigenvalue weighted by Crippen LogP contribution is 2.30. The Morgan fingerprint density at radius 2 is 1.63 bits per heavy atom. The fourth-order valence-electron chi connectivity index (χ4n) is 1.87. The first-order valence-electron chi connectivity index (χ1n) is 5.84. The van der Waals surface area contributed by atoms with E-state index in [0.29, 0.717) is 17.1 Å². The summed E-state index contributed by atoms with van der Waals surface area (Å²) in [7, 11) is 0. The second-order valence-corrected chi connectivity index (χ2v) is 5.22. The smallest absolute Gasteiger partial charge is 0.130 e. The van der Waals surface area contributed by atoms with Gasteiger partial charge >= 0.3 is 0 Å². The van der Waals surface area contributed by atoms with Gasteiger partial charge < -0.3 is 9.84 Å². The largest absolute Gasteiger partial charge is 0.457 e. The molecule has 0 aliphatic rings. The van der Waals surface area contributed by atoms with Crippen LogP contribution in [0.15, 0.2) is 34.8 Å². The Labute approximate surface area is 120 Å². The molecule has 0 aromatic heterocycles. The monoisotopic (exact) mass is 324 g/mol. The van der Waals surface area contributed by atoms with Crippen molar-refractivity contribution in [2.45, 2.75) is 20.5 Å². The highest BCUT2D eigenvalue weighted by atomic mass is 79.9. The molecule has 19 heavy (non-hydrogen) atoms. The Kier molecular flexibility index (Phi) is 4.22. The van der Waals surface area contributed by atoms with E-state index >= 15 is 0 Å². The molecule has 0 bridgehead atoms. The lowest BCUT2D eigenvalue weighted by Gasteiger charge is -2.10. The number of hydrogen-bond acceptors (Lipinski definition) is 2. The minimum atomic E-state index is -0.424. The van der Waals surface area contributed by atoms with Crippen molar-refractivity contribution in [2.75, 3.05) is 0 Å². The Morgan fingerprint density at radius 1 is 1.05 bits per heavy atom. The minimum absolute atomic E-state index is 0.216. The van der Waals surface area contributed by atoms with Crippen molar-refractivity contribution in [3.63, 3.8) is 0 Å². The van der Waals surface area contributed by atoms with Crippen molar-refractivity contribution >= 4 is 15.9 Å². The maximum absolute atomic E-state index is 13.3. The zero-order valence-electron chi connectivity index (χ0n) is 10.7. The van der Waals surface area contributed by atoms with Crippen LogP contribution in [0.2, 0.25) is 0 Å². The molecule has 1 N–H and O–H groups in total. The van der Waals surface area contributed by atoms with Gasteiger partial charge in [0.1, 0.15) is 17.3 Å². The zero-order valence-corrected chi connectivity index (χ0v) is 12.3. The molecular weight excluding hydrogens is 311 g/mol. The summed E-state index contributed by atoms with van der Waals surface area (Å²) in [6.45, 7) is 3.72. The average Bonchev–Trinajstić information content (AvgIpc) is 2.35. The third kappa shape index (κ3) is 3.33. The number of aliphatic hydroxyl groups excluding tert-OH is 1. The summed E-state index contributed by atoms with van der Waals surface area (Å²) in [5, 5.41) is 9.05. The van der Waals surface area contributed by atoms with Crippen molar-refractivity contribution in [3.05, 3.63) is 57.3 Å². The van der Waals surface area contributed by atoms with E-state index < -0.39 is 5.82 Å². The summed E-state index contributed by atoms with van der Waals surface area (Å²) in [5.41, 5.74) is 2.59. The van der Waals surface area contributed by atoms with Crippen molar-refractivity contribution in [3.8, 4) is 11.5 Å². The molecule has 0 amide bonds. The third-order valence-electron chi connectivity index (χ3n) is 2.76. The van der Waals surface area contributed by atoms with Gasteiger partial charge in [0, 0.05) is 10.5 Å². The van der Waals surface area contributed by atoms with Gasteiger partial charge in [-0.15, -0.1) is 0 Å². The molecule has 0 radical (unpaired) electrons. The van der Waals surface area contributed by atoms with Gasteiger partial charge in [0.25, 0.3) is 0 Å². The second kappa shape index (κ2) is 5.72. The zero-order chi connectivity index (χ0) is 14.0. The topological polar surface area (TPSA) is 29.5 Å². The standard InChI is InChI=1S/C15H14BrFO2/c1-9-3-13(4-10(2)15(9)16)19-14-6-11(8-18)5-12(17)7-14/h3-7,18H,8H2,1-2H3. The predicted octanol–water partition coefficient (Wildman–Crippen LogP) is 4.49. The number of rotatable bonds is 3. The Morgan fingerprint density at radius 3 is 2.21 bits per heavy atom. The number of benzene rings is 2. The molecule has 0 saturated heterocycles. The van der Waals surface area contributed by atoms with E-state index in [0.717, 1.165) is 15.6 Å². The molecule has 2 nitrogen and oxygen atoms in total. The maximum atomic E-state index is 13.3. The molecule has 0 heterocycles. The molecule has 0 unspecified atom stereocenters. The predicted molar refractivity (Wildman–Crippen MR) is 76.0 cm³/mol. The summed E-state index contributed by atoms with van der Waals surface area (Å²) in [6, 6.07) is 7.95. The molecule has 2 aromatic rings. The van der Waals surface area contributed by atoms with Gasteiger partial charge in [-0.1, -0.05) is 15.9 Å². The summed E-state index contributed by atoms with van der Waals surface area (Å²) in [5.74, 6) is 0.602. The molecule has 0 aliphatic carbocycles. The first kappa shape index (κ1) is 14.0. The van der Waals surface area contributed by atoms with Crippen LogP contribution in [0.5, 0.6) is 11.5 Å². The first-order chi connectivity index (χ1) is 8.99. The normalized spacial score (nSPS) is 10.6. The summed E-state index contributed by atoms with van der Waals surface area (Å²) in [6.07, 6.45) is 0. The molecule has 0 atom stereocenters. The summed E-state index contributed by atoms with van der Waals surface area (Å²) >= 11 is 3.48. The van der Waals surface area contributed by atoms with Crippen LogP contribution in [0.3, 0.4) is 0 Å². The molecule has 0 saturated carbocycles. The second-order valence-electron chi connectivity index (χ2n) is 4.43. The molecule has 0 aliphatic heterocycles. The van der Waals surface area contributed by atoms with Crippen molar-refractivity contribution < 1.29 is 14.2 Å². The van der Waals surface area contributed by atoms with Crippen LogP contribution in [-0.4, -0.2) is 5.11 Å². The fourth-order valence-corrected chi connectivity index (χ4v) is 2.10. The van der Waals surface area contributed by atoms with E-state index in [9.17, 15) is 4.39 Å². The van der Waals surface area contributed by atoms with Crippen LogP contribution in [0.1, 0.15) is 16.7 Å². The van der Waals surface area contributed by atoms with E-state index in [4.69, 9.17) is 9.84 Å². The van der Waals surface area contributed by atoms with Gasteiger partial charge in [-0.3, -0.25) is 0 Å². The van der Waals surface area contributed by atoms with Crippen molar-refractivity contribution in [2.24, 2.45) is 0 Å². The van der Waals surface area contributed by atoms with Crippen LogP contribution >= 0.6 is 15.9 Å². The molecule has 100 valence electrons. The number of hydrogen-bond donors (Lipinski definition) is 1. The Bertz CT molecular complexity index is 588. The lowest BCUT2D eigenvalue weighted by molar-refractivity contribution is 0.280. The number of ether oxygens (including phenoxy) is 1. The molecule has 0 fully saturated rings. The molecule has 2 rings (SSSR count). The van der Waals surface area contributed by atoms with Crippen molar-refractivity contribution in [1.29, 1.82) is 0 Å². The van der Waals surface area contributed by atoms with E-state index in [1.54, 1.807) is 6.07 Å². The molecule has 0 spiro atoms. The van der Waals surface area contributed by atoms with E-state index in [2.05, 4.69) is 15.9 Å². The highest BCUT2D eigenvalue weighted by Gasteiger charge is 2.06. The van der Waals surface area contributed by atoms with Gasteiger partial charge in [0.05, 0.1) is 6.61 Å². The molecule has 4 heteroatoms. The summed E-state index contributed by atoms with van der Waals surface area (Å²) < 4.78 is 20.0. The average molecular weight is 325 g/mol. The van der Waals surface area contributed by atoms with E-state index in [1.165, 1.54) is 12.1 Å². The van der Waals surface area contributed by atoms with Crippen LogP contribution < -0.4 is 4.74 Å². The fraction of sp³-hybridized carbons (Fsp3) is 0.200. The molecule has 2 aromatic carbocycles. The van der Waals surface area contributed by atoms with Gasteiger partial charge in [-0.2, -0.15) is 0 Å². The highest BCUT2D eigenvalue weighted by molar-refractivity contribution is 9.10. The minimum Gasteiger partial charge on any atom is -0.457 e. The van der Waals surface area contributed by atoms with Crippen LogP contribution in [0, 0.1) is 19.7 Å². The first-order valence-corrected chi connectivity index (χ1v) is 6.64. The lowest BCUT2D eigenvalue weighted by atomic mass is 10.1. The van der Waals surface area contributed by atoms with Crippen LogP contribution in [0.25, 0.3) is 0 Å². The molecular formula is C15H14BrFO2. The SMILES string of the molecule is Cc1cc(Oc2cc(F)cc(CO)c2)cc(C)c1Br. The Hall–Kier alpha value is -1.39. The lowest BCUT2D eigenvalue weighted by Crippen LogP contribution is -1.92. The number of aliphatic hydroxyl groups is 1. The number of aryl methyl sites for hydroxylation is 2. The van der Waals surface area contributed by atoms with Crippen LogP contribution in [0.4, 0.5) is 4.39 Å².